The average molecular weight is 446 g/mol. The van der Waals surface area contributed by atoms with E-state index in [-0.39, 0.29) is 0 Å². The molecule has 0 fully saturated rings. The van der Waals surface area contributed by atoms with E-state index in [0.29, 0.717) is 6.42 Å². The van der Waals surface area contributed by atoms with Gasteiger partial charge < -0.3 is 9.73 Å². The summed E-state index contributed by atoms with van der Waals surface area (Å²) in [6.07, 6.45) is 0.251. The van der Waals surface area contributed by atoms with E-state index < -0.39 is 6.10 Å². The van der Waals surface area contributed by atoms with Crippen LogP contribution in [0.2, 0.25) is 0 Å². The predicted octanol–water partition coefficient (Wildman–Crippen LogP) is 5.20. The molecule has 1 aliphatic carbocycles. The van der Waals surface area contributed by atoms with E-state index in [9.17, 15) is 5.26 Å². The van der Waals surface area contributed by atoms with Gasteiger partial charge in [0.2, 0.25) is 5.36 Å². The highest BCUT2D eigenvalue weighted by Crippen LogP contribution is 2.44. The molecule has 1 atom stereocenters. The number of aryl methyl sites for hydroxylation is 2. The number of anilines is 1. The molecule has 2 aromatic rings. The highest BCUT2D eigenvalue weighted by molar-refractivity contribution is 6.04. The Labute approximate surface area is 195 Å². The molecule has 172 valence electrons. The number of nitrogens with one attached hydrogen (secondary N) is 2. The lowest BCUT2D eigenvalue weighted by molar-refractivity contribution is -0.496. The van der Waals surface area contributed by atoms with Crippen LogP contribution in [0.1, 0.15) is 50.0 Å². The van der Waals surface area contributed by atoms with Crippen LogP contribution in [0.15, 0.2) is 52.9 Å². The van der Waals surface area contributed by atoms with Gasteiger partial charge in [-0.25, -0.2) is 9.88 Å². The molecular formula is C28H33N2O3+. The second-order valence-electron chi connectivity index (χ2n) is 8.45. The maximum absolute atomic E-state index is 9.62. The van der Waals surface area contributed by atoms with Gasteiger partial charge in [-0.15, -0.1) is 0 Å². The zero-order valence-corrected chi connectivity index (χ0v) is 20.1. The third kappa shape index (κ3) is 4.26. The zero-order valence-electron chi connectivity index (χ0n) is 20.1. The summed E-state index contributed by atoms with van der Waals surface area (Å²) in [6.45, 7) is 12.1. The van der Waals surface area contributed by atoms with Crippen LogP contribution in [0.5, 0.6) is 0 Å². The van der Waals surface area contributed by atoms with Gasteiger partial charge in [0.05, 0.1) is 6.07 Å². The van der Waals surface area contributed by atoms with E-state index in [0.717, 1.165) is 74.2 Å². The number of hydrogen-bond acceptors (Lipinski definition) is 4. The first kappa shape index (κ1) is 23.0. The third-order valence-electron chi connectivity index (χ3n) is 6.22. The molecule has 0 aromatic heterocycles. The lowest BCUT2D eigenvalue weighted by Gasteiger charge is -2.21. The molecule has 1 unspecified atom stereocenters. The fourth-order valence-electron chi connectivity index (χ4n) is 4.61. The second-order valence-corrected chi connectivity index (χ2v) is 8.45. The summed E-state index contributed by atoms with van der Waals surface area (Å²) in [5.41, 5.74) is 8.32. The summed E-state index contributed by atoms with van der Waals surface area (Å²) in [7, 11) is 0. The van der Waals surface area contributed by atoms with Crippen LogP contribution < -0.4 is 15.7 Å². The molecule has 3 N–H and O–H groups in total. The van der Waals surface area contributed by atoms with Crippen LogP contribution in [-0.2, 0) is 4.89 Å². The van der Waals surface area contributed by atoms with Crippen molar-refractivity contribution in [1.82, 2.24) is 0 Å². The van der Waals surface area contributed by atoms with Gasteiger partial charge in [-0.2, -0.15) is 0 Å². The first-order valence-electron chi connectivity index (χ1n) is 11.7. The molecule has 4 rings (SSSR count). The van der Waals surface area contributed by atoms with E-state index in [1.165, 1.54) is 0 Å². The fourth-order valence-corrected chi connectivity index (χ4v) is 4.61. The molecule has 0 bridgehead atoms. The van der Waals surface area contributed by atoms with Crippen molar-refractivity contribution in [2.24, 2.45) is 0 Å². The monoisotopic (exact) mass is 445 g/mol. The molecule has 2 aliphatic rings. The van der Waals surface area contributed by atoms with Crippen LogP contribution >= 0.6 is 0 Å². The van der Waals surface area contributed by atoms with Crippen LogP contribution in [0, 0.1) is 13.8 Å². The Morgan fingerprint density at radius 3 is 2.48 bits per heavy atom. The molecule has 5 nitrogen and oxygen atoms in total. The Kier molecular flexibility index (Phi) is 6.82. The van der Waals surface area contributed by atoms with Crippen molar-refractivity contribution < 1.29 is 19.6 Å². The molecule has 0 spiro atoms. The van der Waals surface area contributed by atoms with E-state index in [2.05, 4.69) is 68.3 Å². The highest BCUT2D eigenvalue weighted by atomic mass is 17.1. The molecule has 0 saturated carbocycles. The Morgan fingerprint density at radius 1 is 1.00 bits per heavy atom. The number of rotatable bonds is 7. The molecule has 0 amide bonds. The lowest BCUT2D eigenvalue weighted by Crippen LogP contribution is -2.76. The summed E-state index contributed by atoms with van der Waals surface area (Å²) in [5.74, 6) is 0.818. The Bertz CT molecular complexity index is 1320. The van der Waals surface area contributed by atoms with E-state index in [1.807, 2.05) is 25.1 Å². The van der Waals surface area contributed by atoms with E-state index in [4.69, 9.17) is 9.30 Å². The fraction of sp³-hybridized carbons (Fsp3) is 0.321. The lowest BCUT2D eigenvalue weighted by atomic mass is 9.87. The molecule has 1 heterocycles. The molecule has 33 heavy (non-hydrogen) atoms. The van der Waals surface area contributed by atoms with Gasteiger partial charge >= 0.3 is 0 Å². The normalized spacial score (nSPS) is 13.1. The van der Waals surface area contributed by atoms with Crippen molar-refractivity contribution >= 4 is 16.7 Å². The minimum Gasteiger partial charge on any atom is -0.456 e. The maximum atomic E-state index is 9.62. The van der Waals surface area contributed by atoms with Crippen LogP contribution in [0.4, 0.5) is 5.69 Å². The average Bonchev–Trinajstić information content (AvgIpc) is 2.81. The quantitative estimate of drug-likeness (QED) is 0.208. The minimum atomic E-state index is -0.410. The summed E-state index contributed by atoms with van der Waals surface area (Å²) in [4.78, 5) is 8.32. The van der Waals surface area contributed by atoms with Crippen LogP contribution in [0.25, 0.3) is 33.4 Å². The van der Waals surface area contributed by atoms with Gasteiger partial charge in [0.15, 0.2) is 0 Å². The van der Waals surface area contributed by atoms with Gasteiger partial charge in [-0.1, -0.05) is 31.2 Å². The van der Waals surface area contributed by atoms with Crippen molar-refractivity contribution in [3.63, 3.8) is 0 Å². The standard InChI is InChI=1S/C28H32N2O3/c1-6-25(33-31)19-11-9-10-12-20(19)28-21-13-17(4)23(29-7-2)15-26(21)32-27-16-24(30-8-3)18(5)14-22(27)28/h9-16,25,29,31H,6-8H2,1-5H3/p+1. The first-order valence-corrected chi connectivity index (χ1v) is 11.7. The van der Waals surface area contributed by atoms with Crippen molar-refractivity contribution in [3.05, 3.63) is 70.6 Å². The number of hydrogen-bond donors (Lipinski definition) is 3. The van der Waals surface area contributed by atoms with Gasteiger partial charge in [0.1, 0.15) is 24.0 Å². The van der Waals surface area contributed by atoms with Gasteiger partial charge in [-0.05, 0) is 62.9 Å². The SMILES string of the molecule is CCNc1cc2oc3cc(=[NH+]CC)c(C)cc-3c(-c3ccccc3C(CC)OO)c2cc1C. The molecule has 1 aliphatic heterocycles. The minimum absolute atomic E-state index is 0.410. The van der Waals surface area contributed by atoms with Crippen molar-refractivity contribution in [3.8, 4) is 22.5 Å². The van der Waals surface area contributed by atoms with Crippen molar-refractivity contribution in [2.45, 2.75) is 47.1 Å². The Hall–Kier alpha value is -3.15. The van der Waals surface area contributed by atoms with Crippen molar-refractivity contribution in [2.75, 3.05) is 18.4 Å². The van der Waals surface area contributed by atoms with Crippen LogP contribution in [-0.4, -0.2) is 18.3 Å². The topological polar surface area (TPSA) is 68.6 Å². The number of benzene rings is 3. The third-order valence-corrected chi connectivity index (χ3v) is 6.22. The smallest absolute Gasteiger partial charge is 0.204 e. The summed E-state index contributed by atoms with van der Waals surface area (Å²) in [6, 6.07) is 16.7. The second kappa shape index (κ2) is 9.77. The molecule has 0 radical (unpaired) electrons. The van der Waals surface area contributed by atoms with Crippen LogP contribution in [0.3, 0.4) is 0 Å². The molecule has 0 saturated heterocycles. The van der Waals surface area contributed by atoms with Crippen molar-refractivity contribution in [1.29, 1.82) is 0 Å². The summed E-state index contributed by atoms with van der Waals surface area (Å²) in [5, 5.41) is 15.2. The molecular weight excluding hydrogens is 412 g/mol. The van der Waals surface area contributed by atoms with Gasteiger partial charge in [0, 0.05) is 40.4 Å². The van der Waals surface area contributed by atoms with E-state index >= 15 is 0 Å². The van der Waals surface area contributed by atoms with Gasteiger partial charge in [0.25, 0.3) is 0 Å². The first-order chi connectivity index (χ1) is 16.0. The summed E-state index contributed by atoms with van der Waals surface area (Å²) < 4.78 is 6.48. The number of fused-ring (bicyclic) bond motifs is 2. The Balaban J connectivity index is 2.17. The summed E-state index contributed by atoms with van der Waals surface area (Å²) >= 11 is 0. The Morgan fingerprint density at radius 2 is 1.79 bits per heavy atom. The van der Waals surface area contributed by atoms with Gasteiger partial charge in [-0.3, -0.25) is 5.26 Å². The zero-order chi connectivity index (χ0) is 23.5. The molecule has 5 heteroatoms. The maximum Gasteiger partial charge on any atom is 0.204 e. The van der Waals surface area contributed by atoms with E-state index in [1.54, 1.807) is 0 Å². The largest absolute Gasteiger partial charge is 0.456 e. The highest BCUT2D eigenvalue weighted by Gasteiger charge is 2.24. The predicted molar refractivity (Wildman–Crippen MR) is 133 cm³/mol. The molecule has 2 aromatic carbocycles.